The van der Waals surface area contributed by atoms with Crippen molar-refractivity contribution in [3.8, 4) is 11.5 Å². The van der Waals surface area contributed by atoms with Crippen LogP contribution in [0.2, 0.25) is 0 Å². The van der Waals surface area contributed by atoms with Gasteiger partial charge in [0.05, 0.1) is 0 Å². The van der Waals surface area contributed by atoms with Crippen LogP contribution < -0.4 is 9.47 Å². The molecule has 126 valence electrons. The molecule has 4 nitrogen and oxygen atoms in total. The van der Waals surface area contributed by atoms with Gasteiger partial charge in [-0.3, -0.25) is 9.69 Å². The van der Waals surface area contributed by atoms with E-state index in [1.165, 1.54) is 11.1 Å². The fourth-order valence-electron chi connectivity index (χ4n) is 3.18. The third-order valence-electron chi connectivity index (χ3n) is 4.43. The van der Waals surface area contributed by atoms with E-state index in [1.807, 2.05) is 12.1 Å². The Morgan fingerprint density at radius 1 is 0.958 bits per heavy atom. The predicted octanol–water partition coefficient (Wildman–Crippen LogP) is 3.47. The molecular formula is C19H20ClNO3. The molecule has 0 bridgehead atoms. The number of hydrogen-bond acceptors (Lipinski definition) is 4. The molecule has 0 spiro atoms. The number of ketones is 1. The zero-order valence-electron chi connectivity index (χ0n) is 13.4. The molecule has 2 aromatic carbocycles. The molecule has 0 atom stereocenters. The summed E-state index contributed by atoms with van der Waals surface area (Å²) in [6.07, 6.45) is 0.521. The third-order valence-corrected chi connectivity index (χ3v) is 4.43. The van der Waals surface area contributed by atoms with Crippen LogP contribution in [-0.4, -0.2) is 30.4 Å². The van der Waals surface area contributed by atoms with Gasteiger partial charge in [0, 0.05) is 31.6 Å². The summed E-state index contributed by atoms with van der Waals surface area (Å²) in [7, 11) is 0. The summed E-state index contributed by atoms with van der Waals surface area (Å²) >= 11 is 0. The molecule has 5 heteroatoms. The second kappa shape index (κ2) is 7.24. The number of ether oxygens (including phenoxy) is 2. The van der Waals surface area contributed by atoms with E-state index < -0.39 is 0 Å². The molecule has 2 aromatic rings. The maximum absolute atomic E-state index is 12.4. The van der Waals surface area contributed by atoms with Crippen molar-refractivity contribution in [1.29, 1.82) is 0 Å². The minimum absolute atomic E-state index is 0. The summed E-state index contributed by atoms with van der Waals surface area (Å²) in [6, 6.07) is 13.9. The highest BCUT2D eigenvalue weighted by Gasteiger charge is 2.20. The van der Waals surface area contributed by atoms with Crippen LogP contribution in [-0.2, 0) is 13.1 Å². The van der Waals surface area contributed by atoms with Gasteiger partial charge in [-0.2, -0.15) is 0 Å². The smallest absolute Gasteiger partial charge is 0.164 e. The number of halogens is 1. The van der Waals surface area contributed by atoms with Crippen LogP contribution in [0.1, 0.15) is 27.9 Å². The first-order valence-corrected chi connectivity index (χ1v) is 8.01. The SMILES string of the molecule is Cl.O=C(CCN1Cc2ccccc2C1)c1ccc2c(c1)OCCO2. The van der Waals surface area contributed by atoms with Gasteiger partial charge >= 0.3 is 0 Å². The first-order valence-electron chi connectivity index (χ1n) is 8.01. The molecule has 2 aliphatic rings. The number of hydrogen-bond donors (Lipinski definition) is 0. The van der Waals surface area contributed by atoms with Gasteiger partial charge in [0.25, 0.3) is 0 Å². The van der Waals surface area contributed by atoms with E-state index in [9.17, 15) is 4.79 Å². The van der Waals surface area contributed by atoms with Crippen LogP contribution in [0.15, 0.2) is 42.5 Å². The largest absolute Gasteiger partial charge is 0.486 e. The van der Waals surface area contributed by atoms with Crippen LogP contribution >= 0.6 is 12.4 Å². The van der Waals surface area contributed by atoms with Gasteiger partial charge in [-0.25, -0.2) is 0 Å². The topological polar surface area (TPSA) is 38.8 Å². The molecule has 0 unspecified atom stereocenters. The van der Waals surface area contributed by atoms with E-state index in [4.69, 9.17) is 9.47 Å². The van der Waals surface area contributed by atoms with Crippen molar-refractivity contribution in [2.45, 2.75) is 19.5 Å². The van der Waals surface area contributed by atoms with Crippen molar-refractivity contribution in [2.24, 2.45) is 0 Å². The van der Waals surface area contributed by atoms with Gasteiger partial charge in [0.2, 0.25) is 0 Å². The summed E-state index contributed by atoms with van der Waals surface area (Å²) < 4.78 is 11.0. The Kier molecular flexibility index (Phi) is 5.07. The molecular weight excluding hydrogens is 326 g/mol. The molecule has 0 saturated heterocycles. The maximum Gasteiger partial charge on any atom is 0.164 e. The number of carbonyl (C=O) groups is 1. The fraction of sp³-hybridized carbons (Fsp3) is 0.316. The van der Waals surface area contributed by atoms with Crippen molar-refractivity contribution in [3.05, 3.63) is 59.2 Å². The molecule has 2 heterocycles. The van der Waals surface area contributed by atoms with Crippen molar-refractivity contribution >= 4 is 18.2 Å². The molecule has 0 amide bonds. The molecule has 0 aliphatic carbocycles. The third kappa shape index (κ3) is 3.40. The lowest BCUT2D eigenvalue weighted by Crippen LogP contribution is -2.20. The van der Waals surface area contributed by atoms with Crippen molar-refractivity contribution in [2.75, 3.05) is 19.8 Å². The van der Waals surface area contributed by atoms with Crippen molar-refractivity contribution in [3.63, 3.8) is 0 Å². The van der Waals surface area contributed by atoms with E-state index in [0.717, 1.165) is 25.4 Å². The first-order chi connectivity index (χ1) is 11.3. The van der Waals surface area contributed by atoms with E-state index in [-0.39, 0.29) is 18.2 Å². The number of rotatable bonds is 4. The van der Waals surface area contributed by atoms with Crippen LogP contribution in [0.4, 0.5) is 0 Å². The molecule has 0 N–H and O–H groups in total. The fourth-order valence-corrected chi connectivity index (χ4v) is 3.18. The highest BCUT2D eigenvalue weighted by atomic mass is 35.5. The monoisotopic (exact) mass is 345 g/mol. The molecule has 4 rings (SSSR count). The van der Waals surface area contributed by atoms with Crippen molar-refractivity contribution < 1.29 is 14.3 Å². The van der Waals surface area contributed by atoms with E-state index >= 15 is 0 Å². The highest BCUT2D eigenvalue weighted by molar-refractivity contribution is 5.96. The quantitative estimate of drug-likeness (QED) is 0.795. The number of carbonyl (C=O) groups excluding carboxylic acids is 1. The lowest BCUT2D eigenvalue weighted by molar-refractivity contribution is 0.0962. The van der Waals surface area contributed by atoms with Crippen molar-refractivity contribution in [1.82, 2.24) is 4.90 Å². The van der Waals surface area contributed by atoms with Gasteiger partial charge in [0.1, 0.15) is 13.2 Å². The lowest BCUT2D eigenvalue weighted by atomic mass is 10.1. The Bertz CT molecular complexity index is 722. The molecule has 2 aliphatic heterocycles. The lowest BCUT2D eigenvalue weighted by Gasteiger charge is -2.19. The minimum atomic E-state index is 0. The normalized spacial score (nSPS) is 15.5. The number of benzene rings is 2. The summed E-state index contributed by atoms with van der Waals surface area (Å²) in [6.45, 7) is 3.75. The highest BCUT2D eigenvalue weighted by Crippen LogP contribution is 2.31. The zero-order valence-corrected chi connectivity index (χ0v) is 14.2. The zero-order chi connectivity index (χ0) is 15.6. The van der Waals surface area contributed by atoms with E-state index in [1.54, 1.807) is 6.07 Å². The standard InChI is InChI=1S/C19H19NO3.ClH/c21-17(14-5-6-18-19(11-14)23-10-9-22-18)7-8-20-12-15-3-1-2-4-16(15)13-20;/h1-6,11H,7-10,12-13H2;1H. The Balaban J connectivity index is 0.00000169. The number of fused-ring (bicyclic) bond motifs is 2. The van der Waals surface area contributed by atoms with Gasteiger partial charge in [-0.05, 0) is 29.3 Å². The molecule has 0 fully saturated rings. The number of Topliss-reactive ketones (excluding diaryl/α,β-unsaturated/α-hetero) is 1. The minimum Gasteiger partial charge on any atom is -0.486 e. The van der Waals surface area contributed by atoms with Crippen LogP contribution in [0.25, 0.3) is 0 Å². The Labute approximate surface area is 147 Å². The average Bonchev–Trinajstić information content (AvgIpc) is 3.02. The molecule has 0 saturated carbocycles. The predicted molar refractivity (Wildman–Crippen MR) is 94.2 cm³/mol. The van der Waals surface area contributed by atoms with Gasteiger partial charge in [-0.15, -0.1) is 12.4 Å². The summed E-state index contributed by atoms with van der Waals surface area (Å²) in [5.41, 5.74) is 3.45. The van der Waals surface area contributed by atoms with Gasteiger partial charge in [-0.1, -0.05) is 24.3 Å². The van der Waals surface area contributed by atoms with Gasteiger partial charge in [0.15, 0.2) is 17.3 Å². The first kappa shape index (κ1) is 16.8. The average molecular weight is 346 g/mol. The van der Waals surface area contributed by atoms with E-state index in [2.05, 4.69) is 29.2 Å². The Morgan fingerprint density at radius 3 is 2.33 bits per heavy atom. The summed E-state index contributed by atoms with van der Waals surface area (Å²) in [4.78, 5) is 14.8. The van der Waals surface area contributed by atoms with E-state index in [0.29, 0.717) is 30.9 Å². The van der Waals surface area contributed by atoms with Crippen LogP contribution in [0.5, 0.6) is 11.5 Å². The molecule has 0 radical (unpaired) electrons. The van der Waals surface area contributed by atoms with Crippen LogP contribution in [0, 0.1) is 0 Å². The second-order valence-corrected chi connectivity index (χ2v) is 6.01. The summed E-state index contributed by atoms with van der Waals surface area (Å²) in [5, 5.41) is 0. The molecule has 0 aromatic heterocycles. The van der Waals surface area contributed by atoms with Gasteiger partial charge < -0.3 is 9.47 Å². The summed E-state index contributed by atoms with van der Waals surface area (Å²) in [5.74, 6) is 1.55. The molecule has 24 heavy (non-hydrogen) atoms. The van der Waals surface area contributed by atoms with Crippen LogP contribution in [0.3, 0.4) is 0 Å². The maximum atomic E-state index is 12.4. The second-order valence-electron chi connectivity index (χ2n) is 6.01. The number of nitrogens with zero attached hydrogens (tertiary/aromatic N) is 1. The Hall–Kier alpha value is -2.04. The Morgan fingerprint density at radius 2 is 1.62 bits per heavy atom.